The molecule has 1 fully saturated rings. The van der Waals surface area contributed by atoms with Crippen molar-refractivity contribution in [2.24, 2.45) is 16.8 Å². The smallest absolute Gasteiger partial charge is 0.314 e. The summed E-state index contributed by atoms with van der Waals surface area (Å²) in [4.78, 5) is 11.5. The summed E-state index contributed by atoms with van der Waals surface area (Å²) < 4.78 is 5.23. The SMILES string of the molecule is NC(=S)NN=Cc1cccc(OC(=O)C2CC2)c1. The minimum atomic E-state index is -0.162. The second kappa shape index (κ2) is 5.59. The summed E-state index contributed by atoms with van der Waals surface area (Å²) in [5.41, 5.74) is 8.47. The maximum atomic E-state index is 11.5. The highest BCUT2D eigenvalue weighted by atomic mass is 32.1. The third kappa shape index (κ3) is 3.81. The van der Waals surface area contributed by atoms with Crippen molar-refractivity contribution in [1.82, 2.24) is 5.43 Å². The van der Waals surface area contributed by atoms with Gasteiger partial charge in [0, 0.05) is 0 Å². The third-order valence-corrected chi connectivity index (χ3v) is 2.47. The fourth-order valence-corrected chi connectivity index (χ4v) is 1.40. The van der Waals surface area contributed by atoms with E-state index in [0.29, 0.717) is 5.75 Å². The molecule has 0 aliphatic heterocycles. The lowest BCUT2D eigenvalue weighted by molar-refractivity contribution is -0.135. The molecule has 0 saturated heterocycles. The van der Waals surface area contributed by atoms with E-state index in [1.165, 1.54) is 0 Å². The van der Waals surface area contributed by atoms with Crippen molar-refractivity contribution in [3.63, 3.8) is 0 Å². The van der Waals surface area contributed by atoms with Crippen LogP contribution in [0, 0.1) is 5.92 Å². The van der Waals surface area contributed by atoms with Crippen molar-refractivity contribution in [3.05, 3.63) is 29.8 Å². The average Bonchev–Trinajstić information content (AvgIpc) is 3.12. The topological polar surface area (TPSA) is 76.7 Å². The summed E-state index contributed by atoms with van der Waals surface area (Å²) in [6.45, 7) is 0. The van der Waals surface area contributed by atoms with Gasteiger partial charge < -0.3 is 10.5 Å². The molecule has 5 nitrogen and oxygen atoms in total. The van der Waals surface area contributed by atoms with Crippen LogP contribution in [0.5, 0.6) is 5.75 Å². The molecular formula is C12H13N3O2S. The summed E-state index contributed by atoms with van der Waals surface area (Å²) in [5.74, 6) is 0.440. The largest absolute Gasteiger partial charge is 0.426 e. The number of hydrazone groups is 1. The molecule has 1 saturated carbocycles. The molecule has 3 N–H and O–H groups in total. The molecule has 94 valence electrons. The molecule has 1 aliphatic rings. The first-order chi connectivity index (χ1) is 8.65. The van der Waals surface area contributed by atoms with Crippen molar-refractivity contribution in [3.8, 4) is 5.75 Å². The average molecular weight is 263 g/mol. The molecule has 0 aromatic heterocycles. The maximum Gasteiger partial charge on any atom is 0.314 e. The van der Waals surface area contributed by atoms with E-state index in [2.05, 4.69) is 22.7 Å². The first kappa shape index (κ1) is 12.5. The summed E-state index contributed by atoms with van der Waals surface area (Å²) in [6, 6.07) is 7.08. The zero-order valence-corrected chi connectivity index (χ0v) is 10.4. The Morgan fingerprint density at radius 1 is 1.56 bits per heavy atom. The molecule has 0 amide bonds. The van der Waals surface area contributed by atoms with Crippen LogP contribution in [0.1, 0.15) is 18.4 Å². The van der Waals surface area contributed by atoms with Crippen LogP contribution in [0.4, 0.5) is 0 Å². The molecular weight excluding hydrogens is 250 g/mol. The van der Waals surface area contributed by atoms with E-state index in [0.717, 1.165) is 18.4 Å². The number of carbonyl (C=O) groups excluding carboxylic acids is 1. The fraction of sp³-hybridized carbons (Fsp3) is 0.250. The Morgan fingerprint density at radius 3 is 3.00 bits per heavy atom. The van der Waals surface area contributed by atoms with Crippen LogP contribution in [-0.4, -0.2) is 17.3 Å². The molecule has 0 radical (unpaired) electrons. The highest BCUT2D eigenvalue weighted by Crippen LogP contribution is 2.30. The molecule has 1 aliphatic carbocycles. The molecule has 6 heteroatoms. The van der Waals surface area contributed by atoms with E-state index >= 15 is 0 Å². The number of nitrogens with two attached hydrogens (primary N) is 1. The van der Waals surface area contributed by atoms with Crippen LogP contribution in [-0.2, 0) is 4.79 Å². The van der Waals surface area contributed by atoms with E-state index in [1.807, 2.05) is 6.07 Å². The van der Waals surface area contributed by atoms with Gasteiger partial charge in [-0.05, 0) is 42.8 Å². The normalized spacial score (nSPS) is 14.4. The number of rotatable bonds is 4. The van der Waals surface area contributed by atoms with Gasteiger partial charge in [0.05, 0.1) is 12.1 Å². The van der Waals surface area contributed by atoms with Gasteiger partial charge in [-0.1, -0.05) is 12.1 Å². The highest BCUT2D eigenvalue weighted by molar-refractivity contribution is 7.80. The van der Waals surface area contributed by atoms with Crippen LogP contribution in [0.3, 0.4) is 0 Å². The lowest BCUT2D eigenvalue weighted by atomic mass is 10.2. The summed E-state index contributed by atoms with van der Waals surface area (Å²) >= 11 is 4.61. The van der Waals surface area contributed by atoms with Crippen molar-refractivity contribution >= 4 is 29.5 Å². The monoisotopic (exact) mass is 263 g/mol. The number of benzene rings is 1. The van der Waals surface area contributed by atoms with Crippen molar-refractivity contribution in [2.75, 3.05) is 0 Å². The third-order valence-electron chi connectivity index (χ3n) is 2.38. The molecule has 0 atom stereocenters. The minimum absolute atomic E-state index is 0.0820. The van der Waals surface area contributed by atoms with Gasteiger partial charge in [0.15, 0.2) is 5.11 Å². The van der Waals surface area contributed by atoms with Gasteiger partial charge in [-0.3, -0.25) is 10.2 Å². The number of carbonyl (C=O) groups is 1. The predicted octanol–water partition coefficient (Wildman–Crippen LogP) is 1.17. The van der Waals surface area contributed by atoms with Crippen molar-refractivity contribution in [2.45, 2.75) is 12.8 Å². The molecule has 1 aromatic carbocycles. The zero-order valence-electron chi connectivity index (χ0n) is 9.63. The summed E-state index contributed by atoms with van der Waals surface area (Å²) in [6.07, 6.45) is 3.41. The molecule has 1 aromatic rings. The van der Waals surface area contributed by atoms with Crippen LogP contribution in [0.2, 0.25) is 0 Å². The van der Waals surface area contributed by atoms with E-state index in [4.69, 9.17) is 10.5 Å². The quantitative estimate of drug-likeness (QED) is 0.280. The van der Waals surface area contributed by atoms with E-state index < -0.39 is 0 Å². The van der Waals surface area contributed by atoms with Gasteiger partial charge >= 0.3 is 5.97 Å². The fourth-order valence-electron chi connectivity index (χ4n) is 1.35. The molecule has 0 heterocycles. The minimum Gasteiger partial charge on any atom is -0.426 e. The Balaban J connectivity index is 1.97. The highest BCUT2D eigenvalue weighted by Gasteiger charge is 2.31. The van der Waals surface area contributed by atoms with Crippen LogP contribution in [0.25, 0.3) is 0 Å². The van der Waals surface area contributed by atoms with Crippen LogP contribution >= 0.6 is 12.2 Å². The summed E-state index contributed by atoms with van der Waals surface area (Å²) in [7, 11) is 0. The van der Waals surface area contributed by atoms with Crippen LogP contribution < -0.4 is 15.9 Å². The van der Waals surface area contributed by atoms with Crippen molar-refractivity contribution < 1.29 is 9.53 Å². The van der Waals surface area contributed by atoms with Crippen LogP contribution in [0.15, 0.2) is 29.4 Å². The maximum absolute atomic E-state index is 11.5. The molecule has 0 spiro atoms. The Hall–Kier alpha value is -1.95. The molecule has 0 unspecified atom stereocenters. The van der Waals surface area contributed by atoms with Gasteiger partial charge in [-0.2, -0.15) is 5.10 Å². The van der Waals surface area contributed by atoms with E-state index in [1.54, 1.807) is 24.4 Å². The number of esters is 1. The number of thiocarbonyl (C=S) groups is 1. The number of hydrogen-bond donors (Lipinski definition) is 2. The lowest BCUT2D eigenvalue weighted by Gasteiger charge is -2.03. The number of hydrogen-bond acceptors (Lipinski definition) is 4. The van der Waals surface area contributed by atoms with Crippen molar-refractivity contribution in [1.29, 1.82) is 0 Å². The number of nitrogens with one attached hydrogen (secondary N) is 1. The Morgan fingerprint density at radius 2 is 2.33 bits per heavy atom. The first-order valence-corrected chi connectivity index (χ1v) is 5.96. The van der Waals surface area contributed by atoms with Gasteiger partial charge in [0.25, 0.3) is 0 Å². The van der Waals surface area contributed by atoms with Gasteiger partial charge in [-0.15, -0.1) is 0 Å². The Bertz CT molecular complexity index is 498. The zero-order chi connectivity index (χ0) is 13.0. The van der Waals surface area contributed by atoms with Gasteiger partial charge in [0.2, 0.25) is 0 Å². The second-order valence-corrected chi connectivity index (χ2v) is 4.44. The van der Waals surface area contributed by atoms with E-state index in [9.17, 15) is 4.79 Å². The van der Waals surface area contributed by atoms with Gasteiger partial charge in [-0.25, -0.2) is 0 Å². The second-order valence-electron chi connectivity index (χ2n) is 4.00. The van der Waals surface area contributed by atoms with E-state index in [-0.39, 0.29) is 17.0 Å². The number of nitrogens with zero attached hydrogens (tertiary/aromatic N) is 1. The van der Waals surface area contributed by atoms with Gasteiger partial charge in [0.1, 0.15) is 5.75 Å². The molecule has 0 bridgehead atoms. The molecule has 18 heavy (non-hydrogen) atoms. The predicted molar refractivity (Wildman–Crippen MR) is 72.3 cm³/mol. The lowest BCUT2D eigenvalue weighted by Crippen LogP contribution is -2.23. The standard InChI is InChI=1S/C12H13N3O2S/c13-12(18)15-14-7-8-2-1-3-10(6-8)17-11(16)9-4-5-9/h1-3,6-7,9H,4-5H2,(H3,13,15,18). The number of ether oxygens (including phenoxy) is 1. The Labute approximate surface area is 110 Å². The molecule has 2 rings (SSSR count). The first-order valence-electron chi connectivity index (χ1n) is 5.55. The Kier molecular flexibility index (Phi) is 3.88. The summed E-state index contributed by atoms with van der Waals surface area (Å²) in [5, 5.41) is 3.93.